The number of nitrogens with one attached hydrogen (secondary N) is 1. The van der Waals surface area contributed by atoms with Crippen molar-refractivity contribution in [3.8, 4) is 5.75 Å². The lowest BCUT2D eigenvalue weighted by atomic mass is 10.2. The first-order chi connectivity index (χ1) is 9.51. The number of hydrogen-bond acceptors (Lipinski definition) is 2. The Morgan fingerprint density at radius 3 is 2.45 bits per heavy atom. The summed E-state index contributed by atoms with van der Waals surface area (Å²) < 4.78 is 32.9. The molecule has 2 aromatic carbocycles. The highest BCUT2D eigenvalue weighted by atomic mass is 79.9. The molecule has 0 saturated heterocycles. The normalized spacial score (nSPS) is 10.4. The second-order valence-corrected chi connectivity index (χ2v) is 5.78. The van der Waals surface area contributed by atoms with Crippen molar-refractivity contribution in [2.24, 2.45) is 0 Å². The molecular formula is C14H11Br2F2NO. The number of rotatable bonds is 4. The van der Waals surface area contributed by atoms with Gasteiger partial charge in [0.25, 0.3) is 0 Å². The lowest BCUT2D eigenvalue weighted by Crippen LogP contribution is -2.02. The number of hydrogen-bond donors (Lipinski definition) is 1. The van der Waals surface area contributed by atoms with Crippen LogP contribution in [0.2, 0.25) is 0 Å². The van der Waals surface area contributed by atoms with E-state index < -0.39 is 11.6 Å². The average molecular weight is 407 g/mol. The van der Waals surface area contributed by atoms with Crippen molar-refractivity contribution in [3.05, 3.63) is 56.5 Å². The van der Waals surface area contributed by atoms with Crippen LogP contribution in [-0.2, 0) is 6.54 Å². The zero-order chi connectivity index (χ0) is 14.7. The second kappa shape index (κ2) is 6.54. The quantitative estimate of drug-likeness (QED) is 0.712. The lowest BCUT2D eigenvalue weighted by molar-refractivity contribution is 0.412. The summed E-state index contributed by atoms with van der Waals surface area (Å²) in [5, 5.41) is 2.93. The van der Waals surface area contributed by atoms with Crippen LogP contribution in [0.4, 0.5) is 14.5 Å². The molecule has 106 valence electrons. The van der Waals surface area contributed by atoms with E-state index >= 15 is 0 Å². The number of methoxy groups -OCH3 is 1. The van der Waals surface area contributed by atoms with E-state index in [2.05, 4.69) is 37.2 Å². The maximum Gasteiger partial charge on any atom is 0.149 e. The first-order valence-corrected chi connectivity index (χ1v) is 7.30. The number of ether oxygens (including phenoxy) is 1. The Morgan fingerprint density at radius 1 is 1.05 bits per heavy atom. The van der Waals surface area contributed by atoms with Crippen molar-refractivity contribution in [1.82, 2.24) is 0 Å². The monoisotopic (exact) mass is 405 g/mol. The van der Waals surface area contributed by atoms with Gasteiger partial charge in [-0.25, -0.2) is 8.78 Å². The first kappa shape index (κ1) is 15.3. The van der Waals surface area contributed by atoms with Gasteiger partial charge in [-0.1, -0.05) is 6.07 Å². The average Bonchev–Trinajstić information content (AvgIpc) is 2.41. The largest absolute Gasteiger partial charge is 0.496 e. The van der Waals surface area contributed by atoms with E-state index in [1.165, 1.54) is 6.07 Å². The second-order valence-electron chi connectivity index (χ2n) is 4.07. The van der Waals surface area contributed by atoms with Gasteiger partial charge < -0.3 is 10.1 Å². The van der Waals surface area contributed by atoms with Crippen LogP contribution in [0.5, 0.6) is 5.75 Å². The van der Waals surface area contributed by atoms with E-state index in [0.29, 0.717) is 6.54 Å². The molecule has 0 saturated carbocycles. The Labute approximate surface area is 132 Å². The maximum absolute atomic E-state index is 13.6. The van der Waals surface area contributed by atoms with Gasteiger partial charge in [0.05, 0.1) is 21.7 Å². The van der Waals surface area contributed by atoms with Gasteiger partial charge >= 0.3 is 0 Å². The molecule has 0 aliphatic carbocycles. The van der Waals surface area contributed by atoms with E-state index in [4.69, 9.17) is 4.74 Å². The zero-order valence-corrected chi connectivity index (χ0v) is 13.7. The van der Waals surface area contributed by atoms with Crippen molar-refractivity contribution in [3.63, 3.8) is 0 Å². The third kappa shape index (κ3) is 3.49. The molecular weight excluding hydrogens is 396 g/mol. The van der Waals surface area contributed by atoms with E-state index in [0.717, 1.165) is 21.9 Å². The van der Waals surface area contributed by atoms with Crippen LogP contribution in [-0.4, -0.2) is 7.11 Å². The van der Waals surface area contributed by atoms with Gasteiger partial charge in [0.15, 0.2) is 0 Å². The summed E-state index contributed by atoms with van der Waals surface area (Å²) in [6, 6.07) is 7.78. The summed E-state index contributed by atoms with van der Waals surface area (Å²) in [6.07, 6.45) is 0. The third-order valence-electron chi connectivity index (χ3n) is 2.71. The van der Waals surface area contributed by atoms with Crippen LogP contribution >= 0.6 is 31.9 Å². The van der Waals surface area contributed by atoms with Crippen LogP contribution in [0.1, 0.15) is 5.56 Å². The minimum Gasteiger partial charge on any atom is -0.496 e. The summed E-state index contributed by atoms with van der Waals surface area (Å²) in [7, 11) is 1.59. The maximum atomic E-state index is 13.6. The third-order valence-corrected chi connectivity index (χ3v) is 3.94. The molecule has 0 aliphatic rings. The molecule has 0 atom stereocenters. The predicted molar refractivity (Wildman–Crippen MR) is 82.1 cm³/mol. The Hall–Kier alpha value is -1.14. The fraction of sp³-hybridized carbons (Fsp3) is 0.143. The summed E-state index contributed by atoms with van der Waals surface area (Å²) in [4.78, 5) is 0. The molecule has 0 fully saturated rings. The molecule has 2 rings (SSSR count). The Balaban J connectivity index is 2.13. The van der Waals surface area contributed by atoms with Crippen molar-refractivity contribution in [1.29, 1.82) is 0 Å². The van der Waals surface area contributed by atoms with Gasteiger partial charge in [-0.2, -0.15) is 0 Å². The SMILES string of the molecule is COc1ccc(CNc2cc(Br)c(F)cc2F)cc1Br. The number of benzene rings is 2. The van der Waals surface area contributed by atoms with Crippen LogP contribution in [0.25, 0.3) is 0 Å². The van der Waals surface area contributed by atoms with Crippen LogP contribution < -0.4 is 10.1 Å². The first-order valence-electron chi connectivity index (χ1n) is 5.72. The molecule has 0 aliphatic heterocycles. The molecule has 0 radical (unpaired) electrons. The van der Waals surface area contributed by atoms with Gasteiger partial charge in [-0.3, -0.25) is 0 Å². The summed E-state index contributed by atoms with van der Waals surface area (Å²) in [5.41, 5.74) is 1.18. The van der Waals surface area contributed by atoms with Crippen molar-refractivity contribution < 1.29 is 13.5 Å². The van der Waals surface area contributed by atoms with E-state index in [1.807, 2.05) is 18.2 Å². The van der Waals surface area contributed by atoms with Gasteiger partial charge in [0, 0.05) is 12.6 Å². The molecule has 0 bridgehead atoms. The topological polar surface area (TPSA) is 21.3 Å². The Morgan fingerprint density at radius 2 is 1.80 bits per heavy atom. The molecule has 20 heavy (non-hydrogen) atoms. The molecule has 0 amide bonds. The number of halogens is 4. The lowest BCUT2D eigenvalue weighted by Gasteiger charge is -2.10. The molecule has 0 heterocycles. The van der Waals surface area contributed by atoms with Crippen molar-refractivity contribution >= 4 is 37.5 Å². The van der Waals surface area contributed by atoms with Crippen LogP contribution in [0.15, 0.2) is 39.3 Å². The summed E-state index contributed by atoms with van der Waals surface area (Å²) in [5.74, 6) is -0.525. The molecule has 0 aromatic heterocycles. The standard InChI is InChI=1S/C14H11Br2F2NO/c1-20-14-3-2-8(4-10(14)16)7-19-13-5-9(15)11(17)6-12(13)18/h2-6,19H,7H2,1H3. The summed E-state index contributed by atoms with van der Waals surface area (Å²) >= 11 is 6.42. The van der Waals surface area contributed by atoms with Crippen LogP contribution in [0.3, 0.4) is 0 Å². The van der Waals surface area contributed by atoms with Gasteiger partial charge in [0.1, 0.15) is 17.4 Å². The minimum atomic E-state index is -0.627. The summed E-state index contributed by atoms with van der Waals surface area (Å²) in [6.45, 7) is 0.414. The molecule has 6 heteroatoms. The molecule has 2 aromatic rings. The Bertz CT molecular complexity index is 635. The van der Waals surface area contributed by atoms with E-state index in [1.54, 1.807) is 7.11 Å². The fourth-order valence-corrected chi connectivity index (χ4v) is 2.61. The van der Waals surface area contributed by atoms with E-state index in [9.17, 15) is 8.78 Å². The van der Waals surface area contributed by atoms with Gasteiger partial charge in [-0.05, 0) is 55.6 Å². The van der Waals surface area contributed by atoms with Crippen molar-refractivity contribution in [2.45, 2.75) is 6.54 Å². The smallest absolute Gasteiger partial charge is 0.149 e. The van der Waals surface area contributed by atoms with Crippen LogP contribution in [0, 0.1) is 11.6 Å². The number of anilines is 1. The zero-order valence-electron chi connectivity index (χ0n) is 10.5. The highest BCUT2D eigenvalue weighted by Gasteiger charge is 2.08. The van der Waals surface area contributed by atoms with Gasteiger partial charge in [-0.15, -0.1) is 0 Å². The fourth-order valence-electron chi connectivity index (χ4n) is 1.68. The molecule has 0 spiro atoms. The highest BCUT2D eigenvalue weighted by Crippen LogP contribution is 2.27. The van der Waals surface area contributed by atoms with Gasteiger partial charge in [0.2, 0.25) is 0 Å². The molecule has 1 N–H and O–H groups in total. The highest BCUT2D eigenvalue weighted by molar-refractivity contribution is 9.10. The van der Waals surface area contributed by atoms with E-state index in [-0.39, 0.29) is 10.2 Å². The predicted octanol–water partition coefficient (Wildman–Crippen LogP) is 5.11. The molecule has 0 unspecified atom stereocenters. The Kier molecular flexibility index (Phi) is 4.99. The minimum absolute atomic E-state index is 0.220. The molecule has 2 nitrogen and oxygen atoms in total. The van der Waals surface area contributed by atoms with Crippen molar-refractivity contribution in [2.75, 3.05) is 12.4 Å².